The Labute approximate surface area is 239 Å². The van der Waals surface area contributed by atoms with Crippen molar-refractivity contribution in [1.82, 2.24) is 0 Å². The first-order valence-electron chi connectivity index (χ1n) is 14.1. The lowest BCUT2D eigenvalue weighted by Gasteiger charge is -2.32. The van der Waals surface area contributed by atoms with Gasteiger partial charge in [-0.3, -0.25) is 19.2 Å². The van der Waals surface area contributed by atoms with Crippen molar-refractivity contribution in [2.45, 2.75) is 112 Å². The fraction of sp³-hybridized carbons (Fsp3) is 0.677. The van der Waals surface area contributed by atoms with E-state index in [9.17, 15) is 24.3 Å². The minimum Gasteiger partial charge on any atom is -0.480 e. The van der Waals surface area contributed by atoms with Crippen LogP contribution in [0.25, 0.3) is 0 Å². The van der Waals surface area contributed by atoms with Crippen molar-refractivity contribution in [3.8, 4) is 11.5 Å². The summed E-state index contributed by atoms with van der Waals surface area (Å²) in [5.41, 5.74) is 6.33. The number of ether oxygens (including phenoxy) is 3. The Bertz CT molecular complexity index is 1010. The Balaban J connectivity index is 3.41. The zero-order valence-corrected chi connectivity index (χ0v) is 25.6. The zero-order chi connectivity index (χ0) is 30.8. The van der Waals surface area contributed by atoms with E-state index in [1.54, 1.807) is 19.9 Å². The maximum Gasteiger partial charge on any atom is 0.321 e. The number of carboxylic acids is 1. The highest BCUT2D eigenvalue weighted by Crippen LogP contribution is 2.37. The third-order valence-electron chi connectivity index (χ3n) is 6.62. The number of benzene rings is 1. The van der Waals surface area contributed by atoms with Crippen LogP contribution >= 0.6 is 0 Å². The summed E-state index contributed by atoms with van der Waals surface area (Å²) < 4.78 is 16.8. The first-order valence-corrected chi connectivity index (χ1v) is 14.1. The predicted octanol–water partition coefficient (Wildman–Crippen LogP) is 5.87. The Hall–Kier alpha value is -2.94. The summed E-state index contributed by atoms with van der Waals surface area (Å²) >= 11 is 0. The molecule has 9 heteroatoms. The van der Waals surface area contributed by atoms with Gasteiger partial charge in [0.25, 0.3) is 0 Å². The molecule has 1 aromatic carbocycles. The maximum atomic E-state index is 12.6. The number of hydrogen-bond donors (Lipinski definition) is 2. The van der Waals surface area contributed by atoms with Gasteiger partial charge in [-0.25, -0.2) is 0 Å². The topological polar surface area (TPSA) is 142 Å². The summed E-state index contributed by atoms with van der Waals surface area (Å²) in [7, 11) is 0. The molecule has 1 aromatic rings. The van der Waals surface area contributed by atoms with Gasteiger partial charge < -0.3 is 25.1 Å². The second-order valence-electron chi connectivity index (χ2n) is 12.7. The first-order chi connectivity index (χ1) is 18.4. The first kappa shape index (κ1) is 35.1. The normalized spacial score (nSPS) is 14.8. The molecule has 3 unspecified atom stereocenters. The van der Waals surface area contributed by atoms with E-state index < -0.39 is 47.9 Å². The lowest BCUT2D eigenvalue weighted by atomic mass is 9.79. The molecular weight excluding hydrogens is 514 g/mol. The second kappa shape index (κ2) is 15.7. The van der Waals surface area contributed by atoms with Crippen LogP contribution in [0, 0.1) is 23.2 Å². The molecule has 0 bridgehead atoms. The number of esters is 3. The van der Waals surface area contributed by atoms with Crippen LogP contribution in [-0.2, 0) is 23.9 Å². The van der Waals surface area contributed by atoms with Gasteiger partial charge in [0.1, 0.15) is 12.1 Å². The third-order valence-corrected chi connectivity index (χ3v) is 6.62. The SMILES string of the molecule is CC(C)CCC(=O)Oc1ccc(C(C(C)C(C)OC(=O)CC(C)(C)C)[C@H](N)C(=O)O)cc1OC(=O)CCC(C)C. The summed E-state index contributed by atoms with van der Waals surface area (Å²) in [4.78, 5) is 49.6. The molecule has 0 aromatic heterocycles. The van der Waals surface area contributed by atoms with Crippen LogP contribution in [0.2, 0.25) is 0 Å². The maximum absolute atomic E-state index is 12.6. The highest BCUT2D eigenvalue weighted by atomic mass is 16.6. The Kier molecular flexibility index (Phi) is 13.8. The molecule has 9 nitrogen and oxygen atoms in total. The fourth-order valence-corrected chi connectivity index (χ4v) is 4.13. The van der Waals surface area contributed by atoms with E-state index in [0.29, 0.717) is 24.3 Å². The number of carbonyl (C=O) groups excluding carboxylic acids is 3. The molecule has 4 atom stereocenters. The van der Waals surface area contributed by atoms with E-state index in [-0.39, 0.29) is 42.1 Å². The molecule has 0 radical (unpaired) electrons. The van der Waals surface area contributed by atoms with Crippen LogP contribution in [0.15, 0.2) is 18.2 Å². The number of hydrogen-bond acceptors (Lipinski definition) is 8. The summed E-state index contributed by atoms with van der Waals surface area (Å²) in [6, 6.07) is 3.23. The van der Waals surface area contributed by atoms with Crippen LogP contribution in [-0.4, -0.2) is 41.1 Å². The van der Waals surface area contributed by atoms with Gasteiger partial charge in [-0.15, -0.1) is 0 Å². The van der Waals surface area contributed by atoms with Gasteiger partial charge in [0.05, 0.1) is 6.42 Å². The highest BCUT2D eigenvalue weighted by molar-refractivity contribution is 5.77. The van der Waals surface area contributed by atoms with Crippen molar-refractivity contribution in [2.24, 2.45) is 28.9 Å². The van der Waals surface area contributed by atoms with Crippen LogP contribution in [0.4, 0.5) is 0 Å². The third kappa shape index (κ3) is 12.5. The predicted molar refractivity (Wildman–Crippen MR) is 153 cm³/mol. The largest absolute Gasteiger partial charge is 0.480 e. The van der Waals surface area contributed by atoms with Crippen molar-refractivity contribution in [3.05, 3.63) is 23.8 Å². The van der Waals surface area contributed by atoms with E-state index in [0.717, 1.165) is 0 Å². The van der Waals surface area contributed by atoms with Crippen molar-refractivity contribution in [1.29, 1.82) is 0 Å². The molecule has 1 rings (SSSR count). The molecular formula is C31H49NO8. The van der Waals surface area contributed by atoms with Gasteiger partial charge in [0, 0.05) is 24.7 Å². The average Bonchev–Trinajstić information content (AvgIpc) is 2.81. The van der Waals surface area contributed by atoms with Crippen molar-refractivity contribution in [3.63, 3.8) is 0 Å². The van der Waals surface area contributed by atoms with Gasteiger partial charge in [-0.05, 0) is 54.7 Å². The Morgan fingerprint density at radius 3 is 1.77 bits per heavy atom. The standard InChI is InChI=1S/C31H49NO8/c1-18(2)10-14-25(33)39-23-13-12-22(16-24(23)40-26(34)15-11-19(3)4)28(29(32)30(36)37)20(5)21(6)38-27(35)17-31(7,8)9/h12-13,16,18-21,28-29H,10-11,14-15,17,32H2,1-9H3,(H,36,37)/t20?,21?,28?,29-/m0/s1. The molecule has 0 amide bonds. The fourth-order valence-electron chi connectivity index (χ4n) is 4.13. The van der Waals surface area contributed by atoms with Gasteiger partial charge in [0.15, 0.2) is 11.5 Å². The van der Waals surface area contributed by atoms with E-state index in [4.69, 9.17) is 19.9 Å². The summed E-state index contributed by atoms with van der Waals surface area (Å²) in [6.45, 7) is 17.2. The van der Waals surface area contributed by atoms with Gasteiger partial charge in [-0.2, -0.15) is 0 Å². The number of nitrogens with two attached hydrogens (primary N) is 1. The zero-order valence-electron chi connectivity index (χ0n) is 25.6. The summed E-state index contributed by atoms with van der Waals surface area (Å²) in [6.07, 6.45) is 1.16. The number of carbonyl (C=O) groups is 4. The molecule has 0 saturated carbocycles. The van der Waals surface area contributed by atoms with E-state index in [2.05, 4.69) is 0 Å². The van der Waals surface area contributed by atoms with E-state index in [1.807, 2.05) is 48.5 Å². The molecule has 40 heavy (non-hydrogen) atoms. The Morgan fingerprint density at radius 1 is 0.825 bits per heavy atom. The summed E-state index contributed by atoms with van der Waals surface area (Å²) in [5.74, 6) is -3.24. The van der Waals surface area contributed by atoms with Crippen LogP contribution in [0.1, 0.15) is 106 Å². The van der Waals surface area contributed by atoms with Gasteiger partial charge in [-0.1, -0.05) is 61.5 Å². The Morgan fingerprint density at radius 2 is 1.32 bits per heavy atom. The van der Waals surface area contributed by atoms with Crippen molar-refractivity contribution in [2.75, 3.05) is 0 Å². The van der Waals surface area contributed by atoms with Gasteiger partial charge >= 0.3 is 23.9 Å². The number of aliphatic carboxylic acids is 1. The van der Waals surface area contributed by atoms with Crippen LogP contribution in [0.3, 0.4) is 0 Å². The molecule has 0 saturated heterocycles. The highest BCUT2D eigenvalue weighted by Gasteiger charge is 2.36. The van der Waals surface area contributed by atoms with E-state index in [1.165, 1.54) is 12.1 Å². The van der Waals surface area contributed by atoms with Gasteiger partial charge in [0.2, 0.25) is 0 Å². The molecule has 3 N–H and O–H groups in total. The van der Waals surface area contributed by atoms with E-state index >= 15 is 0 Å². The lowest BCUT2D eigenvalue weighted by Crippen LogP contribution is -2.42. The molecule has 226 valence electrons. The molecule has 0 fully saturated rings. The molecule has 0 aliphatic heterocycles. The average molecular weight is 564 g/mol. The van der Waals surface area contributed by atoms with Crippen molar-refractivity contribution >= 4 is 23.9 Å². The monoisotopic (exact) mass is 563 g/mol. The molecule has 0 spiro atoms. The minimum absolute atomic E-state index is 0.0105. The molecule has 0 heterocycles. The molecule has 0 aliphatic carbocycles. The van der Waals surface area contributed by atoms with Crippen LogP contribution < -0.4 is 15.2 Å². The minimum atomic E-state index is -1.34. The second-order valence-corrected chi connectivity index (χ2v) is 12.7. The lowest BCUT2D eigenvalue weighted by molar-refractivity contribution is -0.153. The smallest absolute Gasteiger partial charge is 0.321 e. The number of carboxylic acid groups (broad SMARTS) is 1. The summed E-state index contributed by atoms with van der Waals surface area (Å²) in [5, 5.41) is 9.81. The van der Waals surface area contributed by atoms with Crippen molar-refractivity contribution < 1.29 is 38.5 Å². The van der Waals surface area contributed by atoms with Crippen LogP contribution in [0.5, 0.6) is 11.5 Å². The number of rotatable bonds is 15. The quantitative estimate of drug-likeness (QED) is 0.198. The molecule has 0 aliphatic rings.